The molecule has 1 aromatic carbocycles. The summed E-state index contributed by atoms with van der Waals surface area (Å²) < 4.78 is 13.3. The standard InChI is InChI=1S/C10H9ClFNO2/c11-6-1-2-8(9(12)3-6)10(15)13-4-7(14)5-13/h1-3,7,14H,4-5H2. The third-order valence-corrected chi connectivity index (χ3v) is 2.55. The zero-order chi connectivity index (χ0) is 11.0. The molecule has 0 unspecified atom stereocenters. The van der Waals surface area contributed by atoms with Crippen LogP contribution in [0.1, 0.15) is 10.4 Å². The van der Waals surface area contributed by atoms with Crippen LogP contribution in [0.25, 0.3) is 0 Å². The highest BCUT2D eigenvalue weighted by Gasteiger charge is 2.30. The smallest absolute Gasteiger partial charge is 0.257 e. The van der Waals surface area contributed by atoms with Gasteiger partial charge in [0.1, 0.15) is 5.82 Å². The number of aliphatic hydroxyl groups excluding tert-OH is 1. The van der Waals surface area contributed by atoms with Gasteiger partial charge >= 0.3 is 0 Å². The number of β-amino-alcohol motifs (C(OH)–C–C–N with tert-alkyl or cyclic N) is 1. The average molecular weight is 230 g/mol. The number of nitrogens with zero attached hydrogens (tertiary/aromatic N) is 1. The van der Waals surface area contributed by atoms with E-state index in [1.165, 1.54) is 17.0 Å². The fourth-order valence-electron chi connectivity index (χ4n) is 1.45. The van der Waals surface area contributed by atoms with Gasteiger partial charge in [-0.25, -0.2) is 4.39 Å². The van der Waals surface area contributed by atoms with Crippen molar-refractivity contribution in [1.29, 1.82) is 0 Å². The van der Waals surface area contributed by atoms with Crippen LogP contribution in [0, 0.1) is 5.82 Å². The number of hydrogen-bond donors (Lipinski definition) is 1. The summed E-state index contributed by atoms with van der Waals surface area (Å²) in [5, 5.41) is 9.28. The van der Waals surface area contributed by atoms with Gasteiger partial charge in [-0.15, -0.1) is 0 Å². The molecular weight excluding hydrogens is 221 g/mol. The van der Waals surface area contributed by atoms with Crippen molar-refractivity contribution in [3.8, 4) is 0 Å². The molecule has 1 fully saturated rings. The predicted molar refractivity (Wildman–Crippen MR) is 53.3 cm³/mol. The quantitative estimate of drug-likeness (QED) is 0.789. The van der Waals surface area contributed by atoms with Gasteiger partial charge in [0.15, 0.2) is 0 Å². The second kappa shape index (κ2) is 3.79. The van der Waals surface area contributed by atoms with Crippen molar-refractivity contribution in [2.24, 2.45) is 0 Å². The van der Waals surface area contributed by atoms with E-state index >= 15 is 0 Å². The lowest BCUT2D eigenvalue weighted by Crippen LogP contribution is -2.53. The van der Waals surface area contributed by atoms with Gasteiger partial charge in [-0.3, -0.25) is 4.79 Å². The summed E-state index contributed by atoms with van der Waals surface area (Å²) in [6.07, 6.45) is -0.482. The molecule has 1 aromatic rings. The SMILES string of the molecule is O=C(c1ccc(Cl)cc1F)N1CC(O)C1. The van der Waals surface area contributed by atoms with Crippen LogP contribution in [0.3, 0.4) is 0 Å². The van der Waals surface area contributed by atoms with Gasteiger partial charge in [0.05, 0.1) is 11.7 Å². The van der Waals surface area contributed by atoms with Crippen molar-refractivity contribution in [3.05, 3.63) is 34.6 Å². The lowest BCUT2D eigenvalue weighted by atomic mass is 10.1. The summed E-state index contributed by atoms with van der Waals surface area (Å²) in [6, 6.07) is 3.92. The molecule has 1 aliphatic rings. The van der Waals surface area contributed by atoms with Gasteiger partial charge in [0.2, 0.25) is 0 Å². The van der Waals surface area contributed by atoms with E-state index < -0.39 is 17.8 Å². The van der Waals surface area contributed by atoms with Crippen LogP contribution in [0.15, 0.2) is 18.2 Å². The molecule has 1 N–H and O–H groups in total. The van der Waals surface area contributed by atoms with Crippen LogP contribution in [-0.4, -0.2) is 35.1 Å². The maximum absolute atomic E-state index is 13.3. The highest BCUT2D eigenvalue weighted by Crippen LogP contribution is 2.18. The number of rotatable bonds is 1. The van der Waals surface area contributed by atoms with E-state index in [1.54, 1.807) is 0 Å². The Morgan fingerprint density at radius 3 is 2.73 bits per heavy atom. The molecule has 3 nitrogen and oxygen atoms in total. The van der Waals surface area contributed by atoms with Crippen LogP contribution >= 0.6 is 11.6 Å². The third-order valence-electron chi connectivity index (χ3n) is 2.31. The topological polar surface area (TPSA) is 40.5 Å². The Morgan fingerprint density at radius 1 is 1.53 bits per heavy atom. The molecule has 0 spiro atoms. The number of halogens is 2. The van der Waals surface area contributed by atoms with Crippen LogP contribution in [-0.2, 0) is 0 Å². The summed E-state index contributed by atoms with van der Waals surface area (Å²) in [5.74, 6) is -1.04. The van der Waals surface area contributed by atoms with Crippen molar-refractivity contribution in [2.45, 2.75) is 6.10 Å². The Labute approximate surface area is 91.1 Å². The second-order valence-electron chi connectivity index (χ2n) is 3.49. The molecule has 80 valence electrons. The molecule has 0 radical (unpaired) electrons. The molecule has 15 heavy (non-hydrogen) atoms. The minimum absolute atomic E-state index is 0.00806. The Balaban J connectivity index is 2.19. The summed E-state index contributed by atoms with van der Waals surface area (Å²) in [6.45, 7) is 0.530. The first-order valence-electron chi connectivity index (χ1n) is 4.50. The van der Waals surface area contributed by atoms with Crippen LogP contribution in [0.4, 0.5) is 4.39 Å². The number of hydrogen-bond acceptors (Lipinski definition) is 2. The minimum atomic E-state index is -0.631. The Bertz CT molecular complexity index is 404. The van der Waals surface area contributed by atoms with E-state index in [4.69, 9.17) is 16.7 Å². The Morgan fingerprint density at radius 2 is 2.20 bits per heavy atom. The summed E-state index contributed by atoms with van der Waals surface area (Å²) in [7, 11) is 0. The van der Waals surface area contributed by atoms with E-state index in [1.807, 2.05) is 0 Å². The van der Waals surface area contributed by atoms with E-state index in [0.717, 1.165) is 6.07 Å². The number of aliphatic hydroxyl groups is 1. The van der Waals surface area contributed by atoms with Crippen molar-refractivity contribution in [2.75, 3.05) is 13.1 Å². The van der Waals surface area contributed by atoms with Gasteiger partial charge < -0.3 is 10.0 Å². The van der Waals surface area contributed by atoms with Crippen LogP contribution in [0.5, 0.6) is 0 Å². The normalized spacial score (nSPS) is 16.3. The molecular formula is C10H9ClFNO2. The lowest BCUT2D eigenvalue weighted by Gasteiger charge is -2.35. The van der Waals surface area contributed by atoms with Crippen LogP contribution in [0.2, 0.25) is 5.02 Å². The summed E-state index contributed by atoms with van der Waals surface area (Å²) in [5.41, 5.74) is -0.00806. The minimum Gasteiger partial charge on any atom is -0.389 e. The fraction of sp³-hybridized carbons (Fsp3) is 0.300. The number of carbonyl (C=O) groups excluding carboxylic acids is 1. The molecule has 1 saturated heterocycles. The maximum Gasteiger partial charge on any atom is 0.257 e. The van der Waals surface area contributed by atoms with Crippen molar-refractivity contribution < 1.29 is 14.3 Å². The number of likely N-dealkylation sites (tertiary alicyclic amines) is 1. The van der Waals surface area contributed by atoms with E-state index in [-0.39, 0.29) is 23.7 Å². The van der Waals surface area contributed by atoms with E-state index in [0.29, 0.717) is 0 Å². The number of carbonyl (C=O) groups is 1. The van der Waals surface area contributed by atoms with Gasteiger partial charge in [0, 0.05) is 18.1 Å². The summed E-state index contributed by atoms with van der Waals surface area (Å²) in [4.78, 5) is 13.0. The average Bonchev–Trinajstić information content (AvgIpc) is 2.12. The first-order chi connectivity index (χ1) is 7.08. The molecule has 0 saturated carbocycles. The molecule has 1 heterocycles. The molecule has 2 rings (SSSR count). The van der Waals surface area contributed by atoms with Gasteiger partial charge in [-0.1, -0.05) is 11.6 Å². The third kappa shape index (κ3) is 1.96. The van der Waals surface area contributed by atoms with Gasteiger partial charge in [0.25, 0.3) is 5.91 Å². The predicted octanol–water partition coefficient (Wildman–Crippen LogP) is 1.30. The number of benzene rings is 1. The zero-order valence-electron chi connectivity index (χ0n) is 7.78. The molecule has 0 atom stereocenters. The summed E-state index contributed by atoms with van der Waals surface area (Å²) >= 11 is 5.57. The van der Waals surface area contributed by atoms with E-state index in [2.05, 4.69) is 0 Å². The van der Waals surface area contributed by atoms with Crippen molar-refractivity contribution in [1.82, 2.24) is 4.90 Å². The molecule has 1 aliphatic heterocycles. The highest BCUT2D eigenvalue weighted by molar-refractivity contribution is 6.30. The van der Waals surface area contributed by atoms with Crippen molar-refractivity contribution in [3.63, 3.8) is 0 Å². The first kappa shape index (κ1) is 10.4. The van der Waals surface area contributed by atoms with E-state index in [9.17, 15) is 9.18 Å². The molecule has 0 bridgehead atoms. The maximum atomic E-state index is 13.3. The molecule has 0 aliphatic carbocycles. The van der Waals surface area contributed by atoms with Gasteiger partial charge in [-0.05, 0) is 18.2 Å². The Hall–Kier alpha value is -1.13. The van der Waals surface area contributed by atoms with Crippen molar-refractivity contribution >= 4 is 17.5 Å². The number of amides is 1. The Kier molecular flexibility index (Phi) is 2.63. The first-order valence-corrected chi connectivity index (χ1v) is 4.88. The molecule has 5 heteroatoms. The highest BCUT2D eigenvalue weighted by atomic mass is 35.5. The van der Waals surface area contributed by atoms with Gasteiger partial charge in [-0.2, -0.15) is 0 Å². The monoisotopic (exact) mass is 229 g/mol. The van der Waals surface area contributed by atoms with Crippen LogP contribution < -0.4 is 0 Å². The fourth-order valence-corrected chi connectivity index (χ4v) is 1.61. The second-order valence-corrected chi connectivity index (χ2v) is 3.92. The lowest BCUT2D eigenvalue weighted by molar-refractivity contribution is 0.00559. The molecule has 0 aromatic heterocycles. The molecule has 1 amide bonds. The zero-order valence-corrected chi connectivity index (χ0v) is 8.54. The largest absolute Gasteiger partial charge is 0.389 e.